The average molecular weight is 359 g/mol. The van der Waals surface area contributed by atoms with E-state index >= 15 is 0 Å². The van der Waals surface area contributed by atoms with Gasteiger partial charge in [0.1, 0.15) is 23.2 Å². The van der Waals surface area contributed by atoms with Crippen LogP contribution in [0.25, 0.3) is 0 Å². The molecule has 1 atom stereocenters. The second-order valence-corrected chi connectivity index (χ2v) is 11.3. The van der Waals surface area contributed by atoms with Gasteiger partial charge in [0.25, 0.3) is 0 Å². The molecule has 3 aromatic carbocycles. The Morgan fingerprint density at radius 3 is 1.31 bits per heavy atom. The first-order chi connectivity index (χ1) is 12.8. The van der Waals surface area contributed by atoms with Crippen LogP contribution in [0, 0.1) is 5.92 Å². The molecule has 1 aliphatic rings. The van der Waals surface area contributed by atoms with Gasteiger partial charge in [0.05, 0.1) is 5.66 Å². The second-order valence-electron chi connectivity index (χ2n) is 7.51. The van der Waals surface area contributed by atoms with Crippen molar-refractivity contribution in [1.82, 2.24) is 0 Å². The molecule has 0 nitrogen and oxygen atoms in total. The molecule has 1 unspecified atom stereocenters. The summed E-state index contributed by atoms with van der Waals surface area (Å²) in [6, 6.07) is 34.0. The van der Waals surface area contributed by atoms with Gasteiger partial charge in [-0.05, 0) is 62.1 Å². The van der Waals surface area contributed by atoms with Crippen molar-refractivity contribution in [2.45, 2.75) is 38.3 Å². The van der Waals surface area contributed by atoms with Crippen LogP contribution in [0.3, 0.4) is 0 Å². The van der Waals surface area contributed by atoms with Gasteiger partial charge in [0.15, 0.2) is 0 Å². The minimum atomic E-state index is -1.69. The van der Waals surface area contributed by atoms with Crippen LogP contribution in [0.2, 0.25) is 0 Å². The van der Waals surface area contributed by atoms with Gasteiger partial charge in [-0.25, -0.2) is 0 Å². The highest BCUT2D eigenvalue weighted by Crippen LogP contribution is 2.63. The molecule has 0 heterocycles. The van der Waals surface area contributed by atoms with Gasteiger partial charge in [0, 0.05) is 0 Å². The van der Waals surface area contributed by atoms with Gasteiger partial charge in [-0.1, -0.05) is 67.4 Å². The van der Waals surface area contributed by atoms with Crippen LogP contribution >= 0.6 is 7.26 Å². The molecule has 4 rings (SSSR count). The van der Waals surface area contributed by atoms with Crippen molar-refractivity contribution in [3.05, 3.63) is 91.0 Å². The van der Waals surface area contributed by atoms with E-state index in [9.17, 15) is 0 Å². The van der Waals surface area contributed by atoms with Gasteiger partial charge in [0.2, 0.25) is 0 Å². The smallest absolute Gasteiger partial charge is 0.0620 e. The van der Waals surface area contributed by atoms with Crippen molar-refractivity contribution in [2.75, 3.05) is 0 Å². The number of benzene rings is 3. The number of hydrogen-bond acceptors (Lipinski definition) is 0. The van der Waals surface area contributed by atoms with E-state index in [4.69, 9.17) is 0 Å². The van der Waals surface area contributed by atoms with Crippen molar-refractivity contribution in [3.63, 3.8) is 0 Å². The summed E-state index contributed by atoms with van der Waals surface area (Å²) in [7, 11) is -1.69. The highest BCUT2D eigenvalue weighted by Gasteiger charge is 2.52. The molecule has 3 aromatic rings. The summed E-state index contributed by atoms with van der Waals surface area (Å²) >= 11 is 0. The minimum Gasteiger partial charge on any atom is -0.0620 e. The topological polar surface area (TPSA) is 0 Å². The van der Waals surface area contributed by atoms with Gasteiger partial charge < -0.3 is 0 Å². The first-order valence-corrected chi connectivity index (χ1v) is 11.7. The molecule has 26 heavy (non-hydrogen) atoms. The Bertz CT molecular complexity index is 708. The van der Waals surface area contributed by atoms with E-state index in [2.05, 4.69) is 97.9 Å². The second kappa shape index (κ2) is 7.77. The fourth-order valence-electron chi connectivity index (χ4n) is 4.90. The molecule has 0 radical (unpaired) electrons. The molecular formula is C25H28P+. The Kier molecular flexibility index (Phi) is 5.23. The van der Waals surface area contributed by atoms with Crippen LogP contribution in [0.1, 0.15) is 32.6 Å². The lowest BCUT2D eigenvalue weighted by Gasteiger charge is -2.36. The molecule has 0 bridgehead atoms. The summed E-state index contributed by atoms with van der Waals surface area (Å²) in [4.78, 5) is 0. The fraction of sp³-hybridized carbons (Fsp3) is 0.280. The third kappa shape index (κ3) is 3.01. The molecule has 132 valence electrons. The van der Waals surface area contributed by atoms with Crippen LogP contribution in [0.5, 0.6) is 0 Å². The zero-order valence-electron chi connectivity index (χ0n) is 15.6. The molecule has 0 aromatic heterocycles. The Morgan fingerprint density at radius 2 is 0.962 bits per heavy atom. The number of hydrogen-bond donors (Lipinski definition) is 0. The van der Waals surface area contributed by atoms with E-state index in [1.165, 1.54) is 41.6 Å². The van der Waals surface area contributed by atoms with E-state index < -0.39 is 7.26 Å². The molecule has 1 aliphatic carbocycles. The molecule has 0 N–H and O–H groups in total. The summed E-state index contributed by atoms with van der Waals surface area (Å²) in [6.45, 7) is 2.54. The standard InChI is InChI=1S/C25H28P/c1-21(22-13-11-12-14-22)26(23-15-5-2-6-16-23,24-17-7-3-8-18-24)25-19-9-4-10-20-25/h2-10,15-22H,11-14H2,1H3/q+1. The maximum Gasteiger partial charge on any atom is 0.115 e. The number of rotatable bonds is 5. The summed E-state index contributed by atoms with van der Waals surface area (Å²) in [5.41, 5.74) is 0.664. The van der Waals surface area contributed by atoms with E-state index in [0.717, 1.165) is 5.92 Å². The predicted molar refractivity (Wildman–Crippen MR) is 117 cm³/mol. The van der Waals surface area contributed by atoms with E-state index in [1.54, 1.807) is 0 Å². The maximum absolute atomic E-state index is 2.54. The Labute approximate surface area is 158 Å². The lowest BCUT2D eigenvalue weighted by molar-refractivity contribution is 0.538. The SMILES string of the molecule is CC(C1CCCC1)[P+](c1ccccc1)(c1ccccc1)c1ccccc1. The fourth-order valence-corrected chi connectivity index (χ4v) is 10.1. The molecular weight excluding hydrogens is 331 g/mol. The molecule has 0 amide bonds. The Balaban J connectivity index is 2.00. The third-order valence-electron chi connectivity index (χ3n) is 6.18. The van der Waals surface area contributed by atoms with Crippen molar-refractivity contribution in [2.24, 2.45) is 5.92 Å². The first kappa shape index (κ1) is 17.5. The lowest BCUT2D eigenvalue weighted by Crippen LogP contribution is -2.40. The highest BCUT2D eigenvalue weighted by molar-refractivity contribution is 7.96. The van der Waals surface area contributed by atoms with Gasteiger partial charge >= 0.3 is 0 Å². The molecule has 0 spiro atoms. The summed E-state index contributed by atoms with van der Waals surface area (Å²) < 4.78 is 0. The average Bonchev–Trinajstić information content (AvgIpc) is 3.26. The first-order valence-electron chi connectivity index (χ1n) is 9.89. The minimum absolute atomic E-state index is 0.664. The lowest BCUT2D eigenvalue weighted by atomic mass is 10.1. The molecule has 1 saturated carbocycles. The van der Waals surface area contributed by atoms with Gasteiger partial charge in [-0.2, -0.15) is 0 Å². The monoisotopic (exact) mass is 359 g/mol. The van der Waals surface area contributed by atoms with E-state index in [1.807, 2.05) is 0 Å². The van der Waals surface area contributed by atoms with Crippen LogP contribution < -0.4 is 15.9 Å². The van der Waals surface area contributed by atoms with Crippen molar-refractivity contribution in [1.29, 1.82) is 0 Å². The van der Waals surface area contributed by atoms with Gasteiger partial charge in [-0.3, -0.25) is 0 Å². The van der Waals surface area contributed by atoms with Crippen molar-refractivity contribution >= 4 is 23.2 Å². The summed E-state index contributed by atoms with van der Waals surface area (Å²) in [5, 5.41) is 4.57. The highest BCUT2D eigenvalue weighted by atomic mass is 31.2. The molecule has 0 saturated heterocycles. The quantitative estimate of drug-likeness (QED) is 0.523. The van der Waals surface area contributed by atoms with E-state index in [0.29, 0.717) is 5.66 Å². The summed E-state index contributed by atoms with van der Waals surface area (Å²) in [5.74, 6) is 0.823. The summed E-state index contributed by atoms with van der Waals surface area (Å²) in [6.07, 6.45) is 5.56. The third-order valence-corrected chi connectivity index (χ3v) is 11.2. The van der Waals surface area contributed by atoms with Gasteiger partial charge in [-0.15, -0.1) is 0 Å². The van der Waals surface area contributed by atoms with Crippen LogP contribution in [0.15, 0.2) is 91.0 Å². The Hall–Kier alpha value is -1.91. The van der Waals surface area contributed by atoms with E-state index in [-0.39, 0.29) is 0 Å². The zero-order chi connectivity index (χ0) is 17.8. The van der Waals surface area contributed by atoms with Crippen molar-refractivity contribution in [3.8, 4) is 0 Å². The Morgan fingerprint density at radius 1 is 0.615 bits per heavy atom. The van der Waals surface area contributed by atoms with Crippen molar-refractivity contribution < 1.29 is 0 Å². The normalized spacial score (nSPS) is 16.5. The largest absolute Gasteiger partial charge is 0.115 e. The van der Waals surface area contributed by atoms with Crippen LogP contribution in [-0.2, 0) is 0 Å². The maximum atomic E-state index is 2.54. The van der Waals surface area contributed by atoms with Crippen LogP contribution in [-0.4, -0.2) is 5.66 Å². The predicted octanol–water partition coefficient (Wildman–Crippen LogP) is 5.56. The molecule has 1 heteroatoms. The van der Waals surface area contributed by atoms with Crippen LogP contribution in [0.4, 0.5) is 0 Å². The molecule has 0 aliphatic heterocycles. The molecule has 1 fully saturated rings. The zero-order valence-corrected chi connectivity index (χ0v) is 16.5.